The van der Waals surface area contributed by atoms with E-state index in [0.717, 1.165) is 0 Å². The van der Waals surface area contributed by atoms with Crippen molar-refractivity contribution in [3.8, 4) is 0 Å². The minimum absolute atomic E-state index is 0. The molecule has 0 radical (unpaired) electrons. The molecular formula is C11H14Cl3N. The molecule has 0 atom stereocenters. The molecule has 0 aliphatic heterocycles. The molecule has 84 valence electrons. The standard InChI is InChI=1S/C11H13Cl2N.ClH/c12-9-3-2-8(6-10(9)13)11(7-14)4-1-5-11;/h2-3,6H,1,4-5,7,14H2;1H. The van der Waals surface area contributed by atoms with Gasteiger partial charge in [0.1, 0.15) is 0 Å². The third-order valence-corrected chi connectivity index (χ3v) is 3.97. The molecule has 0 aromatic heterocycles. The van der Waals surface area contributed by atoms with Crippen LogP contribution in [-0.2, 0) is 5.41 Å². The summed E-state index contributed by atoms with van der Waals surface area (Å²) >= 11 is 11.9. The average molecular weight is 267 g/mol. The fraction of sp³-hybridized carbons (Fsp3) is 0.455. The largest absolute Gasteiger partial charge is 0.330 e. The van der Waals surface area contributed by atoms with Crippen LogP contribution in [0.3, 0.4) is 0 Å². The Balaban J connectivity index is 0.00000112. The molecule has 1 fully saturated rings. The SMILES string of the molecule is Cl.NCC1(c2ccc(Cl)c(Cl)c2)CCC1. The summed E-state index contributed by atoms with van der Waals surface area (Å²) in [6, 6.07) is 5.85. The fourth-order valence-electron chi connectivity index (χ4n) is 2.04. The highest BCUT2D eigenvalue weighted by Gasteiger charge is 2.37. The molecule has 4 heteroatoms. The van der Waals surface area contributed by atoms with Gasteiger partial charge in [-0.05, 0) is 30.5 Å². The van der Waals surface area contributed by atoms with Crippen molar-refractivity contribution in [1.82, 2.24) is 0 Å². The quantitative estimate of drug-likeness (QED) is 0.866. The zero-order valence-corrected chi connectivity index (χ0v) is 10.6. The maximum absolute atomic E-state index is 5.99. The van der Waals surface area contributed by atoms with Gasteiger partial charge in [0.2, 0.25) is 0 Å². The molecule has 0 unspecified atom stereocenters. The van der Waals surface area contributed by atoms with Crippen LogP contribution in [0, 0.1) is 0 Å². The van der Waals surface area contributed by atoms with E-state index in [1.165, 1.54) is 24.8 Å². The molecule has 15 heavy (non-hydrogen) atoms. The predicted molar refractivity (Wildman–Crippen MR) is 68.3 cm³/mol. The predicted octanol–water partition coefficient (Wildman–Crippen LogP) is 3.80. The maximum Gasteiger partial charge on any atom is 0.0595 e. The van der Waals surface area contributed by atoms with Gasteiger partial charge in [-0.15, -0.1) is 12.4 Å². The van der Waals surface area contributed by atoms with Crippen LogP contribution in [0.4, 0.5) is 0 Å². The lowest BCUT2D eigenvalue weighted by Crippen LogP contribution is -2.41. The lowest BCUT2D eigenvalue weighted by molar-refractivity contribution is 0.253. The molecule has 0 spiro atoms. The van der Waals surface area contributed by atoms with Gasteiger partial charge in [0, 0.05) is 12.0 Å². The summed E-state index contributed by atoms with van der Waals surface area (Å²) in [5.74, 6) is 0. The Morgan fingerprint density at radius 1 is 1.20 bits per heavy atom. The van der Waals surface area contributed by atoms with Crippen molar-refractivity contribution in [1.29, 1.82) is 0 Å². The lowest BCUT2D eigenvalue weighted by Gasteiger charge is -2.41. The van der Waals surface area contributed by atoms with E-state index in [1.807, 2.05) is 18.2 Å². The van der Waals surface area contributed by atoms with Gasteiger partial charge in [0.25, 0.3) is 0 Å². The number of hydrogen-bond acceptors (Lipinski definition) is 1. The third-order valence-electron chi connectivity index (χ3n) is 3.23. The van der Waals surface area contributed by atoms with Crippen LogP contribution in [0.5, 0.6) is 0 Å². The van der Waals surface area contributed by atoms with Crippen molar-refractivity contribution < 1.29 is 0 Å². The zero-order chi connectivity index (χ0) is 10.2. The summed E-state index contributed by atoms with van der Waals surface area (Å²) in [5.41, 5.74) is 7.22. The molecule has 1 aromatic rings. The van der Waals surface area contributed by atoms with E-state index in [1.54, 1.807) is 0 Å². The van der Waals surface area contributed by atoms with Crippen LogP contribution in [-0.4, -0.2) is 6.54 Å². The Morgan fingerprint density at radius 2 is 1.87 bits per heavy atom. The second-order valence-electron chi connectivity index (χ2n) is 3.97. The Bertz CT molecular complexity index is 342. The van der Waals surface area contributed by atoms with Gasteiger partial charge in [0.15, 0.2) is 0 Å². The minimum atomic E-state index is 0. The molecule has 0 saturated heterocycles. The highest BCUT2D eigenvalue weighted by molar-refractivity contribution is 6.42. The molecule has 0 amide bonds. The van der Waals surface area contributed by atoms with Gasteiger partial charge in [0.05, 0.1) is 10.0 Å². The molecule has 1 aliphatic rings. The third kappa shape index (κ3) is 2.26. The summed E-state index contributed by atoms with van der Waals surface area (Å²) in [6.45, 7) is 0.699. The first-order chi connectivity index (χ1) is 6.68. The number of hydrogen-bond donors (Lipinski definition) is 1. The first kappa shape index (κ1) is 13.1. The molecule has 2 rings (SSSR count). The number of benzene rings is 1. The number of rotatable bonds is 2. The average Bonchev–Trinajstić information content (AvgIpc) is 2.10. The van der Waals surface area contributed by atoms with Crippen LogP contribution >= 0.6 is 35.6 Å². The summed E-state index contributed by atoms with van der Waals surface area (Å²) in [4.78, 5) is 0. The van der Waals surface area contributed by atoms with Gasteiger partial charge < -0.3 is 5.73 Å². The molecular weight excluding hydrogens is 252 g/mol. The number of halogens is 3. The monoisotopic (exact) mass is 265 g/mol. The fourth-order valence-corrected chi connectivity index (χ4v) is 2.34. The van der Waals surface area contributed by atoms with E-state index in [-0.39, 0.29) is 17.8 Å². The second kappa shape index (κ2) is 4.92. The molecule has 1 aromatic carbocycles. The van der Waals surface area contributed by atoms with Crippen molar-refractivity contribution in [2.75, 3.05) is 6.54 Å². The normalized spacial score (nSPS) is 17.8. The zero-order valence-electron chi connectivity index (χ0n) is 8.30. The van der Waals surface area contributed by atoms with Crippen molar-refractivity contribution in [2.45, 2.75) is 24.7 Å². The Kier molecular flexibility index (Phi) is 4.30. The summed E-state index contributed by atoms with van der Waals surface area (Å²) in [6.07, 6.45) is 3.60. The lowest BCUT2D eigenvalue weighted by atomic mass is 9.64. The Labute approximate surface area is 106 Å². The first-order valence-electron chi connectivity index (χ1n) is 4.83. The van der Waals surface area contributed by atoms with Crippen molar-refractivity contribution in [3.05, 3.63) is 33.8 Å². The molecule has 1 nitrogen and oxygen atoms in total. The van der Waals surface area contributed by atoms with Gasteiger partial charge in [-0.3, -0.25) is 0 Å². The molecule has 2 N–H and O–H groups in total. The highest BCUT2D eigenvalue weighted by atomic mass is 35.5. The molecule has 1 saturated carbocycles. The maximum atomic E-state index is 5.99. The van der Waals surface area contributed by atoms with Gasteiger partial charge in [-0.2, -0.15) is 0 Å². The second-order valence-corrected chi connectivity index (χ2v) is 4.78. The van der Waals surface area contributed by atoms with Crippen LogP contribution in [0.1, 0.15) is 24.8 Å². The van der Waals surface area contributed by atoms with E-state index >= 15 is 0 Å². The van der Waals surface area contributed by atoms with Crippen molar-refractivity contribution in [2.24, 2.45) is 5.73 Å². The highest BCUT2D eigenvalue weighted by Crippen LogP contribution is 2.44. The van der Waals surface area contributed by atoms with E-state index in [2.05, 4.69) is 0 Å². The van der Waals surface area contributed by atoms with Gasteiger partial charge in [-0.25, -0.2) is 0 Å². The Morgan fingerprint density at radius 3 is 2.27 bits per heavy atom. The smallest absolute Gasteiger partial charge is 0.0595 e. The van der Waals surface area contributed by atoms with E-state index in [0.29, 0.717) is 16.6 Å². The topological polar surface area (TPSA) is 26.0 Å². The molecule has 1 aliphatic carbocycles. The Hall–Kier alpha value is 0.0500. The van der Waals surface area contributed by atoms with Crippen molar-refractivity contribution in [3.63, 3.8) is 0 Å². The first-order valence-corrected chi connectivity index (χ1v) is 5.59. The van der Waals surface area contributed by atoms with Gasteiger partial charge in [-0.1, -0.05) is 35.7 Å². The van der Waals surface area contributed by atoms with Crippen molar-refractivity contribution >= 4 is 35.6 Å². The van der Waals surface area contributed by atoms with Crippen LogP contribution in [0.25, 0.3) is 0 Å². The summed E-state index contributed by atoms with van der Waals surface area (Å²) in [5, 5.41) is 1.24. The van der Waals surface area contributed by atoms with E-state index in [4.69, 9.17) is 28.9 Å². The van der Waals surface area contributed by atoms with E-state index in [9.17, 15) is 0 Å². The summed E-state index contributed by atoms with van der Waals surface area (Å²) < 4.78 is 0. The molecule has 0 heterocycles. The van der Waals surface area contributed by atoms with Gasteiger partial charge >= 0.3 is 0 Å². The molecule has 0 bridgehead atoms. The van der Waals surface area contributed by atoms with E-state index < -0.39 is 0 Å². The van der Waals surface area contributed by atoms with Crippen LogP contribution < -0.4 is 5.73 Å². The minimum Gasteiger partial charge on any atom is -0.330 e. The number of nitrogens with two attached hydrogens (primary N) is 1. The van der Waals surface area contributed by atoms with Crippen LogP contribution in [0.2, 0.25) is 10.0 Å². The summed E-state index contributed by atoms with van der Waals surface area (Å²) in [7, 11) is 0. The van der Waals surface area contributed by atoms with Crippen LogP contribution in [0.15, 0.2) is 18.2 Å².